The summed E-state index contributed by atoms with van der Waals surface area (Å²) < 4.78 is 0.913. The topological polar surface area (TPSA) is 32.3 Å². The number of aromatic nitrogens is 2. The molecule has 3 rings (SSSR count). The first-order chi connectivity index (χ1) is 8.95. The fraction of sp³-hybridized carbons (Fsp3) is 0.714. The molecule has 0 atom stereocenters. The van der Waals surface area contributed by atoms with Crippen molar-refractivity contribution in [1.29, 1.82) is 0 Å². The molecule has 1 aliphatic carbocycles. The molecule has 1 aromatic heterocycles. The lowest BCUT2D eigenvalue weighted by molar-refractivity contribution is 0.138. The first-order valence-electron chi connectivity index (χ1n) is 6.96. The number of hydrogen-bond acceptors (Lipinski definition) is 4. The van der Waals surface area contributed by atoms with E-state index in [0.717, 1.165) is 35.9 Å². The number of rotatable bonds is 2. The Bertz CT molecular complexity index is 484. The Labute approximate surface area is 123 Å². The molecule has 1 aliphatic heterocycles. The quantitative estimate of drug-likeness (QED) is 0.783. The van der Waals surface area contributed by atoms with Gasteiger partial charge in [0.15, 0.2) is 0 Å². The monoisotopic (exact) mass is 324 g/mol. The Morgan fingerprint density at radius 3 is 2.63 bits per heavy atom. The molecule has 1 saturated carbocycles. The molecule has 2 aliphatic rings. The van der Waals surface area contributed by atoms with E-state index in [0.29, 0.717) is 5.92 Å². The van der Waals surface area contributed by atoms with Crippen LogP contribution in [-0.4, -0.2) is 47.1 Å². The van der Waals surface area contributed by atoms with Gasteiger partial charge in [0.05, 0.1) is 0 Å². The molecule has 19 heavy (non-hydrogen) atoms. The van der Waals surface area contributed by atoms with Crippen molar-refractivity contribution in [3.63, 3.8) is 0 Å². The average Bonchev–Trinajstić information content (AvgIpc) is 3.16. The predicted octanol–water partition coefficient (Wildman–Crippen LogP) is 2.65. The number of anilines is 1. The van der Waals surface area contributed by atoms with Gasteiger partial charge in [-0.05, 0) is 49.7 Å². The van der Waals surface area contributed by atoms with E-state index in [1.165, 1.54) is 12.8 Å². The molecule has 2 fully saturated rings. The highest BCUT2D eigenvalue weighted by Crippen LogP contribution is 2.39. The van der Waals surface area contributed by atoms with E-state index in [-0.39, 0.29) is 5.54 Å². The van der Waals surface area contributed by atoms with E-state index >= 15 is 0 Å². The smallest absolute Gasteiger partial charge is 0.135 e. The van der Waals surface area contributed by atoms with Crippen molar-refractivity contribution in [3.05, 3.63) is 16.5 Å². The SMILES string of the molecule is CN1CCN(c2cc(Br)nc(C3CC3)n2)CC1(C)C. The average molecular weight is 325 g/mol. The number of piperazine rings is 1. The Balaban J connectivity index is 1.85. The minimum absolute atomic E-state index is 0.190. The van der Waals surface area contributed by atoms with Crippen molar-refractivity contribution in [2.45, 2.75) is 38.1 Å². The van der Waals surface area contributed by atoms with Crippen molar-refractivity contribution in [2.24, 2.45) is 0 Å². The van der Waals surface area contributed by atoms with Crippen LogP contribution in [0.3, 0.4) is 0 Å². The van der Waals surface area contributed by atoms with Gasteiger partial charge in [0, 0.05) is 37.2 Å². The van der Waals surface area contributed by atoms with Gasteiger partial charge in [0.25, 0.3) is 0 Å². The van der Waals surface area contributed by atoms with Crippen LogP contribution in [0.1, 0.15) is 38.4 Å². The number of nitrogens with zero attached hydrogens (tertiary/aromatic N) is 4. The fourth-order valence-corrected chi connectivity index (χ4v) is 2.93. The van der Waals surface area contributed by atoms with Crippen LogP contribution >= 0.6 is 15.9 Å². The molecule has 5 heteroatoms. The standard InChI is InChI=1S/C14H21BrN4/c1-14(2)9-19(7-6-18(14)3)12-8-11(15)16-13(17-12)10-4-5-10/h8,10H,4-7,9H2,1-3H3. The maximum atomic E-state index is 4.78. The predicted molar refractivity (Wildman–Crippen MR) is 80.6 cm³/mol. The molecular weight excluding hydrogens is 304 g/mol. The summed E-state index contributed by atoms with van der Waals surface area (Å²) >= 11 is 3.53. The van der Waals surface area contributed by atoms with E-state index in [1.807, 2.05) is 6.07 Å². The van der Waals surface area contributed by atoms with Crippen LogP contribution in [0.25, 0.3) is 0 Å². The van der Waals surface area contributed by atoms with Gasteiger partial charge in [0.1, 0.15) is 16.2 Å². The Morgan fingerprint density at radius 1 is 1.26 bits per heavy atom. The highest BCUT2D eigenvalue weighted by molar-refractivity contribution is 9.10. The maximum Gasteiger partial charge on any atom is 0.135 e. The van der Waals surface area contributed by atoms with Crippen LogP contribution in [0.5, 0.6) is 0 Å². The maximum absolute atomic E-state index is 4.78. The molecule has 1 aromatic rings. The Kier molecular flexibility index (Phi) is 3.29. The van der Waals surface area contributed by atoms with Gasteiger partial charge < -0.3 is 4.90 Å². The first kappa shape index (κ1) is 13.3. The van der Waals surface area contributed by atoms with Gasteiger partial charge in [-0.25, -0.2) is 9.97 Å². The molecule has 1 saturated heterocycles. The normalized spacial score (nSPS) is 23.7. The van der Waals surface area contributed by atoms with Crippen molar-refractivity contribution < 1.29 is 0 Å². The molecule has 0 spiro atoms. The zero-order valence-corrected chi connectivity index (χ0v) is 13.4. The Hall–Kier alpha value is -0.680. The molecule has 0 bridgehead atoms. The molecular formula is C14H21BrN4. The molecule has 0 radical (unpaired) electrons. The molecule has 2 heterocycles. The third-order valence-electron chi connectivity index (χ3n) is 4.28. The number of hydrogen-bond donors (Lipinski definition) is 0. The highest BCUT2D eigenvalue weighted by atomic mass is 79.9. The van der Waals surface area contributed by atoms with Crippen LogP contribution in [0.2, 0.25) is 0 Å². The number of halogens is 1. The second-order valence-corrected chi connectivity index (χ2v) is 7.15. The van der Waals surface area contributed by atoms with Crippen LogP contribution in [-0.2, 0) is 0 Å². The van der Waals surface area contributed by atoms with Crippen LogP contribution < -0.4 is 4.90 Å². The van der Waals surface area contributed by atoms with Crippen LogP contribution in [0.4, 0.5) is 5.82 Å². The second kappa shape index (κ2) is 4.70. The summed E-state index contributed by atoms with van der Waals surface area (Å²) in [4.78, 5) is 14.1. The summed E-state index contributed by atoms with van der Waals surface area (Å²) in [5, 5.41) is 0. The van der Waals surface area contributed by atoms with Gasteiger partial charge in [-0.3, -0.25) is 4.90 Å². The van der Waals surface area contributed by atoms with Gasteiger partial charge >= 0.3 is 0 Å². The van der Waals surface area contributed by atoms with Crippen molar-refractivity contribution >= 4 is 21.7 Å². The molecule has 0 N–H and O–H groups in total. The molecule has 4 nitrogen and oxygen atoms in total. The lowest BCUT2D eigenvalue weighted by Gasteiger charge is -2.45. The van der Waals surface area contributed by atoms with Gasteiger partial charge in [-0.1, -0.05) is 0 Å². The summed E-state index contributed by atoms with van der Waals surface area (Å²) in [6, 6.07) is 2.05. The lowest BCUT2D eigenvalue weighted by atomic mass is 10.00. The molecule has 0 amide bonds. The second-order valence-electron chi connectivity index (χ2n) is 6.34. The summed E-state index contributed by atoms with van der Waals surface area (Å²) in [6.45, 7) is 7.70. The summed E-state index contributed by atoms with van der Waals surface area (Å²) in [5.41, 5.74) is 0.190. The van der Waals surface area contributed by atoms with Crippen molar-refractivity contribution in [2.75, 3.05) is 31.6 Å². The summed E-state index contributed by atoms with van der Waals surface area (Å²) in [6.07, 6.45) is 2.48. The minimum atomic E-state index is 0.190. The number of likely N-dealkylation sites (N-methyl/N-ethyl adjacent to an activating group) is 1. The largest absolute Gasteiger partial charge is 0.353 e. The highest BCUT2D eigenvalue weighted by Gasteiger charge is 2.33. The zero-order chi connectivity index (χ0) is 13.6. The summed E-state index contributed by atoms with van der Waals surface area (Å²) in [7, 11) is 2.20. The lowest BCUT2D eigenvalue weighted by Crippen LogP contribution is -2.57. The molecule has 104 valence electrons. The first-order valence-corrected chi connectivity index (χ1v) is 7.76. The van der Waals surface area contributed by atoms with Crippen molar-refractivity contribution in [1.82, 2.24) is 14.9 Å². The van der Waals surface area contributed by atoms with E-state index < -0.39 is 0 Å². The van der Waals surface area contributed by atoms with Gasteiger partial charge in [-0.15, -0.1) is 0 Å². The molecule has 0 unspecified atom stereocenters. The van der Waals surface area contributed by atoms with Crippen LogP contribution in [0.15, 0.2) is 10.7 Å². The Morgan fingerprint density at radius 2 is 2.00 bits per heavy atom. The van der Waals surface area contributed by atoms with E-state index in [2.05, 4.69) is 51.6 Å². The van der Waals surface area contributed by atoms with E-state index in [4.69, 9.17) is 4.98 Å². The van der Waals surface area contributed by atoms with E-state index in [1.54, 1.807) is 0 Å². The third-order valence-corrected chi connectivity index (χ3v) is 4.69. The minimum Gasteiger partial charge on any atom is -0.353 e. The van der Waals surface area contributed by atoms with Gasteiger partial charge in [0.2, 0.25) is 0 Å². The van der Waals surface area contributed by atoms with Crippen LogP contribution in [0, 0.1) is 0 Å². The van der Waals surface area contributed by atoms with E-state index in [9.17, 15) is 0 Å². The fourth-order valence-electron chi connectivity index (χ4n) is 2.54. The molecule has 0 aromatic carbocycles. The zero-order valence-electron chi connectivity index (χ0n) is 11.9. The summed E-state index contributed by atoms with van der Waals surface area (Å²) in [5.74, 6) is 2.68. The third kappa shape index (κ3) is 2.77. The van der Waals surface area contributed by atoms with Gasteiger partial charge in [-0.2, -0.15) is 0 Å². The van der Waals surface area contributed by atoms with Crippen molar-refractivity contribution in [3.8, 4) is 0 Å².